The Morgan fingerprint density at radius 3 is 2.63 bits per heavy atom. The highest BCUT2D eigenvalue weighted by Gasteiger charge is 2.32. The summed E-state index contributed by atoms with van der Waals surface area (Å²) >= 11 is 6.09. The van der Waals surface area contributed by atoms with Crippen LogP contribution in [-0.4, -0.2) is 31.7 Å². The first-order chi connectivity index (χ1) is 12.9. The molecule has 27 heavy (non-hydrogen) atoms. The molecule has 1 saturated heterocycles. The smallest absolute Gasteiger partial charge is 0.228 e. The van der Waals surface area contributed by atoms with Crippen molar-refractivity contribution in [3.8, 4) is 0 Å². The number of hydrogen-bond donors (Lipinski definition) is 1. The molecule has 0 aromatic heterocycles. The van der Waals surface area contributed by atoms with Gasteiger partial charge < -0.3 is 5.32 Å². The highest BCUT2D eigenvalue weighted by atomic mass is 35.5. The lowest BCUT2D eigenvalue weighted by Gasteiger charge is -2.31. The van der Waals surface area contributed by atoms with E-state index in [4.69, 9.17) is 11.6 Å². The highest BCUT2D eigenvalue weighted by molar-refractivity contribution is 7.88. The van der Waals surface area contributed by atoms with Crippen molar-refractivity contribution in [2.24, 2.45) is 5.92 Å². The fourth-order valence-corrected chi connectivity index (χ4v) is 5.16. The van der Waals surface area contributed by atoms with Gasteiger partial charge in [-0.15, -0.1) is 0 Å². The molecule has 5 nitrogen and oxygen atoms in total. The summed E-state index contributed by atoms with van der Waals surface area (Å²) in [6.07, 6.45) is 1.32. The topological polar surface area (TPSA) is 66.5 Å². The number of sulfonamides is 1. The first-order valence-electron chi connectivity index (χ1n) is 8.94. The Morgan fingerprint density at radius 2 is 1.89 bits per heavy atom. The van der Waals surface area contributed by atoms with E-state index in [2.05, 4.69) is 5.32 Å². The maximum absolute atomic E-state index is 12.9. The van der Waals surface area contributed by atoms with Gasteiger partial charge in [-0.25, -0.2) is 12.7 Å². The van der Waals surface area contributed by atoms with Gasteiger partial charge in [-0.05, 0) is 43.0 Å². The van der Waals surface area contributed by atoms with Gasteiger partial charge in [0.05, 0.1) is 22.4 Å². The molecule has 1 fully saturated rings. The van der Waals surface area contributed by atoms with E-state index in [-0.39, 0.29) is 24.1 Å². The molecule has 3 rings (SSSR count). The minimum Gasteiger partial charge on any atom is -0.324 e. The van der Waals surface area contributed by atoms with Crippen LogP contribution in [-0.2, 0) is 20.6 Å². The molecule has 1 amide bonds. The van der Waals surface area contributed by atoms with Crippen LogP contribution in [0.15, 0.2) is 48.5 Å². The minimum atomic E-state index is -3.48. The van der Waals surface area contributed by atoms with Gasteiger partial charge in [0, 0.05) is 13.1 Å². The van der Waals surface area contributed by atoms with E-state index in [0.29, 0.717) is 30.1 Å². The van der Waals surface area contributed by atoms with Gasteiger partial charge in [0.2, 0.25) is 15.9 Å². The second-order valence-corrected chi connectivity index (χ2v) is 9.23. The molecule has 1 N–H and O–H groups in total. The summed E-state index contributed by atoms with van der Waals surface area (Å²) in [7, 11) is -3.48. The molecule has 0 bridgehead atoms. The Labute approximate surface area is 165 Å². The molecule has 0 radical (unpaired) electrons. The number of benzene rings is 2. The number of para-hydroxylation sites is 1. The Morgan fingerprint density at radius 1 is 1.19 bits per heavy atom. The van der Waals surface area contributed by atoms with Crippen LogP contribution >= 0.6 is 11.6 Å². The minimum absolute atomic E-state index is 0.0431. The molecule has 1 aliphatic rings. The number of rotatable bonds is 5. The third-order valence-corrected chi connectivity index (χ3v) is 7.00. The molecule has 1 unspecified atom stereocenters. The van der Waals surface area contributed by atoms with Crippen molar-refractivity contribution >= 4 is 33.2 Å². The maximum atomic E-state index is 12.9. The van der Waals surface area contributed by atoms with Crippen molar-refractivity contribution < 1.29 is 13.2 Å². The van der Waals surface area contributed by atoms with E-state index in [0.717, 1.165) is 11.1 Å². The quantitative estimate of drug-likeness (QED) is 0.820. The van der Waals surface area contributed by atoms with Gasteiger partial charge in [-0.2, -0.15) is 0 Å². The largest absolute Gasteiger partial charge is 0.324 e. The monoisotopic (exact) mass is 406 g/mol. The van der Waals surface area contributed by atoms with Crippen molar-refractivity contribution in [1.29, 1.82) is 0 Å². The Bertz CT molecular complexity index is 930. The number of carbonyl (C=O) groups is 1. The number of amides is 1. The zero-order valence-corrected chi connectivity index (χ0v) is 16.8. The van der Waals surface area contributed by atoms with Crippen LogP contribution in [0.3, 0.4) is 0 Å². The molecule has 0 spiro atoms. The molecule has 1 aliphatic heterocycles. The fourth-order valence-electron chi connectivity index (χ4n) is 3.27. The van der Waals surface area contributed by atoms with Gasteiger partial charge >= 0.3 is 0 Å². The lowest BCUT2D eigenvalue weighted by Crippen LogP contribution is -2.44. The Kier molecular flexibility index (Phi) is 6.19. The molecule has 1 atom stereocenters. The van der Waals surface area contributed by atoms with Gasteiger partial charge in [0.25, 0.3) is 0 Å². The number of nitrogens with one attached hydrogen (secondary N) is 1. The third kappa shape index (κ3) is 4.89. The van der Waals surface area contributed by atoms with Gasteiger partial charge in [0.1, 0.15) is 0 Å². The summed E-state index contributed by atoms with van der Waals surface area (Å²) in [5.74, 6) is -0.626. The summed E-state index contributed by atoms with van der Waals surface area (Å²) in [4.78, 5) is 12.6. The second kappa shape index (κ2) is 8.42. The van der Waals surface area contributed by atoms with Crippen molar-refractivity contribution in [3.63, 3.8) is 0 Å². The molecule has 2 aromatic rings. The number of carbonyl (C=O) groups excluding carboxylic acids is 1. The Hall–Kier alpha value is -1.89. The predicted molar refractivity (Wildman–Crippen MR) is 108 cm³/mol. The fraction of sp³-hybridized carbons (Fsp3) is 0.350. The van der Waals surface area contributed by atoms with Crippen LogP contribution in [0.2, 0.25) is 5.02 Å². The number of piperidine rings is 1. The van der Waals surface area contributed by atoms with Gasteiger partial charge in [-0.3, -0.25) is 4.79 Å². The average Bonchev–Trinajstić information content (AvgIpc) is 2.65. The molecule has 1 heterocycles. The van der Waals surface area contributed by atoms with Crippen LogP contribution in [0.4, 0.5) is 5.69 Å². The molecule has 0 saturated carbocycles. The van der Waals surface area contributed by atoms with Crippen LogP contribution < -0.4 is 5.32 Å². The van der Waals surface area contributed by atoms with Crippen LogP contribution in [0.5, 0.6) is 0 Å². The van der Waals surface area contributed by atoms with Crippen LogP contribution in [0.25, 0.3) is 0 Å². The first kappa shape index (κ1) is 19.9. The van der Waals surface area contributed by atoms with E-state index in [1.807, 2.05) is 31.2 Å². The van der Waals surface area contributed by atoms with Crippen LogP contribution in [0, 0.1) is 12.8 Å². The van der Waals surface area contributed by atoms with Crippen molar-refractivity contribution in [1.82, 2.24) is 4.31 Å². The molecule has 144 valence electrons. The number of aryl methyl sites for hydroxylation is 1. The predicted octanol–water partition coefficient (Wildman–Crippen LogP) is 3.83. The maximum Gasteiger partial charge on any atom is 0.228 e. The number of halogens is 1. The summed E-state index contributed by atoms with van der Waals surface area (Å²) in [5, 5.41) is 3.28. The SMILES string of the molecule is Cc1ccccc1CS(=O)(=O)N1CCCC(C(=O)Nc2ccccc2Cl)C1. The second-order valence-electron chi connectivity index (χ2n) is 6.85. The van der Waals surface area contributed by atoms with Gasteiger partial charge in [-0.1, -0.05) is 48.0 Å². The third-order valence-electron chi connectivity index (χ3n) is 4.88. The molecule has 2 aromatic carbocycles. The van der Waals surface area contributed by atoms with Crippen LogP contribution in [0.1, 0.15) is 24.0 Å². The highest BCUT2D eigenvalue weighted by Crippen LogP contribution is 2.25. The zero-order chi connectivity index (χ0) is 19.4. The number of nitrogens with zero attached hydrogens (tertiary/aromatic N) is 1. The summed E-state index contributed by atoms with van der Waals surface area (Å²) in [5.41, 5.74) is 2.29. The normalized spacial score (nSPS) is 18.2. The summed E-state index contributed by atoms with van der Waals surface area (Å²) in [6.45, 7) is 2.55. The average molecular weight is 407 g/mol. The van der Waals surface area contributed by atoms with Crippen molar-refractivity contribution in [2.75, 3.05) is 18.4 Å². The van der Waals surface area contributed by atoms with E-state index >= 15 is 0 Å². The molecular formula is C20H23ClN2O3S. The molecular weight excluding hydrogens is 384 g/mol. The molecule has 7 heteroatoms. The van der Waals surface area contributed by atoms with E-state index in [1.165, 1.54) is 4.31 Å². The first-order valence-corrected chi connectivity index (χ1v) is 10.9. The summed E-state index contributed by atoms with van der Waals surface area (Å²) < 4.78 is 27.2. The lowest BCUT2D eigenvalue weighted by molar-refractivity contribution is -0.120. The van der Waals surface area contributed by atoms with Crippen molar-refractivity contribution in [2.45, 2.75) is 25.5 Å². The molecule has 0 aliphatic carbocycles. The van der Waals surface area contributed by atoms with E-state index in [9.17, 15) is 13.2 Å². The van der Waals surface area contributed by atoms with E-state index in [1.54, 1.807) is 24.3 Å². The number of hydrogen-bond acceptors (Lipinski definition) is 3. The summed E-state index contributed by atoms with van der Waals surface area (Å²) in [6, 6.07) is 14.5. The standard InChI is InChI=1S/C20H23ClN2O3S/c1-15-7-2-3-8-17(15)14-27(25,26)23-12-6-9-16(13-23)20(24)22-19-11-5-4-10-18(19)21/h2-5,7-8,10-11,16H,6,9,12-14H2,1H3,(H,22,24). The van der Waals surface area contributed by atoms with E-state index < -0.39 is 10.0 Å². The van der Waals surface area contributed by atoms with Crippen molar-refractivity contribution in [3.05, 3.63) is 64.7 Å². The number of anilines is 1. The zero-order valence-electron chi connectivity index (χ0n) is 15.2. The lowest BCUT2D eigenvalue weighted by atomic mass is 9.99. The van der Waals surface area contributed by atoms with Gasteiger partial charge in [0.15, 0.2) is 0 Å². The Balaban J connectivity index is 1.69.